The van der Waals surface area contributed by atoms with E-state index in [1.165, 1.54) is 0 Å². The van der Waals surface area contributed by atoms with Crippen LogP contribution in [0.1, 0.15) is 35.6 Å². The highest BCUT2D eigenvalue weighted by atomic mass is 16.2. The largest absolute Gasteiger partial charge is 0.353 e. The fourth-order valence-corrected chi connectivity index (χ4v) is 3.34. The van der Waals surface area contributed by atoms with Crippen LogP contribution in [0.25, 0.3) is 11.0 Å². The van der Waals surface area contributed by atoms with Gasteiger partial charge in [-0.1, -0.05) is 43.7 Å². The molecule has 6 nitrogen and oxygen atoms in total. The maximum Gasteiger partial charge on any atom is 0.251 e. The van der Waals surface area contributed by atoms with Crippen LogP contribution in [0, 0.1) is 19.8 Å². The van der Waals surface area contributed by atoms with E-state index in [1.807, 2.05) is 64.1 Å². The maximum atomic E-state index is 12.7. The lowest BCUT2D eigenvalue weighted by molar-refractivity contribution is -0.123. The van der Waals surface area contributed by atoms with Crippen molar-refractivity contribution in [1.82, 2.24) is 20.2 Å². The SMILES string of the molecule is Cc1ccc(C(=O)N[C@H](C(=O)NCCn2c(C)nc3ccccc32)C(C)C)cc1. The number of nitrogens with zero attached hydrogens (tertiary/aromatic N) is 2. The standard InChI is InChI=1S/C23H28N4O2/c1-15(2)21(26-22(28)18-11-9-16(3)10-12-18)23(29)24-13-14-27-17(4)25-19-7-5-6-8-20(19)27/h5-12,15,21H,13-14H2,1-4H3,(H,24,29)(H,26,28)/t21-/m0/s1. The van der Waals surface area contributed by atoms with E-state index in [1.54, 1.807) is 12.1 Å². The van der Waals surface area contributed by atoms with Crippen molar-refractivity contribution in [3.8, 4) is 0 Å². The molecule has 2 N–H and O–H groups in total. The van der Waals surface area contributed by atoms with Crippen LogP contribution in [0.2, 0.25) is 0 Å². The number of hydrogen-bond donors (Lipinski definition) is 2. The molecule has 0 fully saturated rings. The normalized spacial score (nSPS) is 12.2. The summed E-state index contributed by atoms with van der Waals surface area (Å²) in [5.41, 5.74) is 3.63. The van der Waals surface area contributed by atoms with Gasteiger partial charge in [0.25, 0.3) is 5.91 Å². The molecule has 3 aromatic rings. The summed E-state index contributed by atoms with van der Waals surface area (Å²) in [5, 5.41) is 5.82. The van der Waals surface area contributed by atoms with Gasteiger partial charge in [-0.05, 0) is 44.0 Å². The Morgan fingerprint density at radius 2 is 1.72 bits per heavy atom. The second-order valence-corrected chi connectivity index (χ2v) is 7.65. The lowest BCUT2D eigenvalue weighted by Crippen LogP contribution is -2.50. The number of fused-ring (bicyclic) bond motifs is 1. The number of para-hydroxylation sites is 2. The van der Waals surface area contributed by atoms with Crippen molar-refractivity contribution in [1.29, 1.82) is 0 Å². The minimum Gasteiger partial charge on any atom is -0.353 e. The minimum atomic E-state index is -0.593. The molecule has 0 aliphatic heterocycles. The zero-order valence-electron chi connectivity index (χ0n) is 17.4. The molecular formula is C23H28N4O2. The molecule has 3 rings (SSSR count). The molecule has 0 bridgehead atoms. The summed E-state index contributed by atoms with van der Waals surface area (Å²) in [7, 11) is 0. The molecule has 0 saturated heterocycles. The number of rotatable bonds is 7. The van der Waals surface area contributed by atoms with E-state index >= 15 is 0 Å². The van der Waals surface area contributed by atoms with E-state index in [9.17, 15) is 9.59 Å². The minimum absolute atomic E-state index is 0.0276. The highest BCUT2D eigenvalue weighted by Gasteiger charge is 2.24. The Balaban J connectivity index is 1.61. The third-order valence-corrected chi connectivity index (χ3v) is 5.03. The summed E-state index contributed by atoms with van der Waals surface area (Å²) in [5.74, 6) is 0.464. The highest BCUT2D eigenvalue weighted by Crippen LogP contribution is 2.15. The van der Waals surface area contributed by atoms with E-state index < -0.39 is 6.04 Å². The van der Waals surface area contributed by atoms with Gasteiger partial charge in [0.05, 0.1) is 11.0 Å². The third kappa shape index (κ3) is 4.83. The molecule has 0 unspecified atom stereocenters. The van der Waals surface area contributed by atoms with Gasteiger partial charge in [0.2, 0.25) is 5.91 Å². The van der Waals surface area contributed by atoms with Crippen LogP contribution in [0.3, 0.4) is 0 Å². The Labute approximate surface area is 171 Å². The summed E-state index contributed by atoms with van der Waals surface area (Å²) < 4.78 is 2.09. The molecule has 2 amide bonds. The molecule has 0 spiro atoms. The van der Waals surface area contributed by atoms with E-state index in [-0.39, 0.29) is 17.7 Å². The molecule has 152 valence electrons. The van der Waals surface area contributed by atoms with Gasteiger partial charge in [0.1, 0.15) is 11.9 Å². The van der Waals surface area contributed by atoms with Gasteiger partial charge in [-0.25, -0.2) is 4.98 Å². The number of benzene rings is 2. The zero-order valence-corrected chi connectivity index (χ0v) is 17.4. The van der Waals surface area contributed by atoms with Gasteiger partial charge in [0, 0.05) is 18.7 Å². The average Bonchev–Trinajstić information content (AvgIpc) is 3.01. The lowest BCUT2D eigenvalue weighted by atomic mass is 10.0. The average molecular weight is 393 g/mol. The number of nitrogens with one attached hydrogen (secondary N) is 2. The predicted octanol–water partition coefficient (Wildman–Crippen LogP) is 3.22. The lowest BCUT2D eigenvalue weighted by Gasteiger charge is -2.22. The topological polar surface area (TPSA) is 76.0 Å². The van der Waals surface area contributed by atoms with Gasteiger partial charge >= 0.3 is 0 Å². The van der Waals surface area contributed by atoms with Gasteiger partial charge in [0.15, 0.2) is 0 Å². The number of amides is 2. The first-order chi connectivity index (χ1) is 13.9. The van der Waals surface area contributed by atoms with Gasteiger partial charge < -0.3 is 15.2 Å². The molecule has 0 radical (unpaired) electrons. The maximum absolute atomic E-state index is 12.7. The molecule has 0 aliphatic carbocycles. The Hall–Kier alpha value is -3.15. The second-order valence-electron chi connectivity index (χ2n) is 7.65. The van der Waals surface area contributed by atoms with E-state index in [4.69, 9.17) is 0 Å². The van der Waals surface area contributed by atoms with Crippen LogP contribution in [-0.2, 0) is 11.3 Å². The molecular weight excluding hydrogens is 364 g/mol. The van der Waals surface area contributed by atoms with Crippen LogP contribution in [0.4, 0.5) is 0 Å². The summed E-state index contributed by atoms with van der Waals surface area (Å²) in [6, 6.07) is 14.7. The van der Waals surface area contributed by atoms with E-state index in [0.717, 1.165) is 22.4 Å². The van der Waals surface area contributed by atoms with Crippen molar-refractivity contribution in [3.05, 3.63) is 65.5 Å². The summed E-state index contributed by atoms with van der Waals surface area (Å²) in [6.45, 7) is 8.86. The van der Waals surface area contributed by atoms with Crippen molar-refractivity contribution in [3.63, 3.8) is 0 Å². The number of carbonyl (C=O) groups excluding carboxylic acids is 2. The van der Waals surface area contributed by atoms with Crippen LogP contribution < -0.4 is 10.6 Å². The first kappa shape index (κ1) is 20.6. The Kier molecular flexibility index (Phi) is 6.32. The highest BCUT2D eigenvalue weighted by molar-refractivity contribution is 5.97. The number of carbonyl (C=O) groups is 2. The number of hydrogen-bond acceptors (Lipinski definition) is 3. The van der Waals surface area contributed by atoms with Crippen molar-refractivity contribution in [2.45, 2.75) is 40.3 Å². The summed E-state index contributed by atoms with van der Waals surface area (Å²) >= 11 is 0. The van der Waals surface area contributed by atoms with Gasteiger partial charge in [-0.3, -0.25) is 9.59 Å². The quantitative estimate of drug-likeness (QED) is 0.648. The molecule has 1 atom stereocenters. The fourth-order valence-electron chi connectivity index (χ4n) is 3.34. The monoisotopic (exact) mass is 392 g/mol. The molecule has 2 aromatic carbocycles. The van der Waals surface area contributed by atoms with Crippen LogP contribution in [-0.4, -0.2) is 34.0 Å². The van der Waals surface area contributed by atoms with Crippen molar-refractivity contribution >= 4 is 22.8 Å². The molecule has 0 saturated carbocycles. The predicted molar refractivity (Wildman–Crippen MR) is 115 cm³/mol. The summed E-state index contributed by atoms with van der Waals surface area (Å²) in [4.78, 5) is 29.8. The zero-order chi connectivity index (χ0) is 21.0. The molecule has 1 heterocycles. The summed E-state index contributed by atoms with van der Waals surface area (Å²) in [6.07, 6.45) is 0. The van der Waals surface area contributed by atoms with Crippen molar-refractivity contribution in [2.75, 3.05) is 6.54 Å². The van der Waals surface area contributed by atoms with Crippen LogP contribution in [0.5, 0.6) is 0 Å². The molecule has 6 heteroatoms. The van der Waals surface area contributed by atoms with Crippen LogP contribution >= 0.6 is 0 Å². The molecule has 29 heavy (non-hydrogen) atoms. The number of aromatic nitrogens is 2. The van der Waals surface area contributed by atoms with Gasteiger partial charge in [-0.2, -0.15) is 0 Å². The second kappa shape index (κ2) is 8.90. The fraction of sp³-hybridized carbons (Fsp3) is 0.348. The number of imidazole rings is 1. The Morgan fingerprint density at radius 3 is 2.41 bits per heavy atom. The molecule has 0 aliphatic rings. The molecule has 1 aromatic heterocycles. The van der Waals surface area contributed by atoms with Crippen molar-refractivity contribution < 1.29 is 9.59 Å². The third-order valence-electron chi connectivity index (χ3n) is 5.03. The van der Waals surface area contributed by atoms with Crippen molar-refractivity contribution in [2.24, 2.45) is 5.92 Å². The smallest absolute Gasteiger partial charge is 0.251 e. The van der Waals surface area contributed by atoms with E-state index in [0.29, 0.717) is 18.7 Å². The van der Waals surface area contributed by atoms with Crippen LogP contribution in [0.15, 0.2) is 48.5 Å². The Morgan fingerprint density at radius 1 is 1.03 bits per heavy atom. The first-order valence-electron chi connectivity index (χ1n) is 9.94. The first-order valence-corrected chi connectivity index (χ1v) is 9.94. The van der Waals surface area contributed by atoms with E-state index in [2.05, 4.69) is 20.2 Å². The number of aryl methyl sites for hydroxylation is 2. The van der Waals surface area contributed by atoms with Gasteiger partial charge in [-0.15, -0.1) is 0 Å². The Bertz CT molecular complexity index is 1010.